The van der Waals surface area contributed by atoms with E-state index in [4.69, 9.17) is 4.74 Å². The summed E-state index contributed by atoms with van der Waals surface area (Å²) in [5, 5.41) is 10.5. The third-order valence-electron chi connectivity index (χ3n) is 2.93. The van der Waals surface area contributed by atoms with Gasteiger partial charge in [-0.3, -0.25) is 0 Å². The third-order valence-corrected chi connectivity index (χ3v) is 2.93. The molecule has 3 nitrogen and oxygen atoms in total. The average molecular weight is 221 g/mol. The first-order chi connectivity index (χ1) is 7.68. The van der Waals surface area contributed by atoms with Crippen LogP contribution >= 0.6 is 0 Å². The zero-order valence-electron chi connectivity index (χ0n) is 9.72. The number of nitrogens with zero attached hydrogens (tertiary/aromatic N) is 1. The number of aliphatic hydroxyl groups is 1. The molecule has 3 heteroatoms. The molecule has 0 saturated carbocycles. The molecular formula is C13H19NO2. The number of ether oxygens (including phenoxy) is 1. The predicted octanol–water partition coefficient (Wildman–Crippen LogP) is 0.922. The molecule has 0 bridgehead atoms. The lowest BCUT2D eigenvalue weighted by atomic mass is 9.95. The molecule has 1 aliphatic heterocycles. The number of benzene rings is 1. The lowest BCUT2D eigenvalue weighted by Crippen LogP contribution is -2.44. The molecule has 1 aromatic carbocycles. The highest BCUT2D eigenvalue weighted by Gasteiger charge is 2.31. The first-order valence-electron chi connectivity index (χ1n) is 5.71. The maximum atomic E-state index is 10.5. The van der Waals surface area contributed by atoms with Crippen LogP contribution in [0.3, 0.4) is 0 Å². The fourth-order valence-corrected chi connectivity index (χ4v) is 2.19. The van der Waals surface area contributed by atoms with E-state index in [9.17, 15) is 5.11 Å². The van der Waals surface area contributed by atoms with Crippen molar-refractivity contribution in [2.45, 2.75) is 12.0 Å². The van der Waals surface area contributed by atoms with Crippen molar-refractivity contribution < 1.29 is 9.84 Å². The predicted molar refractivity (Wildman–Crippen MR) is 63.4 cm³/mol. The van der Waals surface area contributed by atoms with Crippen LogP contribution in [0.15, 0.2) is 30.3 Å². The molecule has 0 aliphatic carbocycles. The van der Waals surface area contributed by atoms with Crippen LogP contribution < -0.4 is 0 Å². The number of hydrogen-bond acceptors (Lipinski definition) is 3. The molecule has 0 spiro atoms. The second-order valence-electron chi connectivity index (χ2n) is 4.68. The average Bonchev–Trinajstić information content (AvgIpc) is 2.41. The molecule has 0 amide bonds. The van der Waals surface area contributed by atoms with Crippen LogP contribution in [0, 0.1) is 0 Å². The van der Waals surface area contributed by atoms with E-state index in [1.807, 2.05) is 37.4 Å². The quantitative estimate of drug-likeness (QED) is 0.806. The molecule has 0 aromatic heterocycles. The zero-order valence-corrected chi connectivity index (χ0v) is 9.72. The summed E-state index contributed by atoms with van der Waals surface area (Å²) in [6.45, 7) is 2.68. The molecule has 0 radical (unpaired) electrons. The summed E-state index contributed by atoms with van der Waals surface area (Å²) in [5.74, 6) is 0. The van der Waals surface area contributed by atoms with Crippen molar-refractivity contribution in [2.24, 2.45) is 0 Å². The largest absolute Gasteiger partial charge is 0.386 e. The van der Waals surface area contributed by atoms with Gasteiger partial charge in [-0.15, -0.1) is 0 Å². The van der Waals surface area contributed by atoms with Crippen LogP contribution in [0.1, 0.15) is 5.56 Å². The van der Waals surface area contributed by atoms with Gasteiger partial charge in [0, 0.05) is 19.5 Å². The Morgan fingerprint density at radius 1 is 1.38 bits per heavy atom. The number of β-amino-alcohol motifs (C(OH)–C–C–N with tert-alkyl or cyclic N) is 1. The van der Waals surface area contributed by atoms with E-state index >= 15 is 0 Å². The number of hydrogen-bond donors (Lipinski definition) is 1. The highest BCUT2D eigenvalue weighted by molar-refractivity contribution is 5.17. The van der Waals surface area contributed by atoms with Crippen molar-refractivity contribution in [3.05, 3.63) is 35.9 Å². The normalized spacial score (nSPS) is 27.6. The van der Waals surface area contributed by atoms with Gasteiger partial charge in [0.05, 0.1) is 13.2 Å². The molecule has 1 aliphatic rings. The van der Waals surface area contributed by atoms with Crippen LogP contribution in [-0.4, -0.2) is 49.0 Å². The summed E-state index contributed by atoms with van der Waals surface area (Å²) in [6.07, 6.45) is 0.651. The highest BCUT2D eigenvalue weighted by Crippen LogP contribution is 2.17. The van der Waals surface area contributed by atoms with E-state index in [-0.39, 0.29) is 0 Å². The minimum absolute atomic E-state index is 0.423. The molecule has 1 unspecified atom stereocenters. The molecule has 1 atom stereocenters. The Hall–Kier alpha value is -0.900. The van der Waals surface area contributed by atoms with E-state index in [0.717, 1.165) is 12.1 Å². The molecule has 1 aromatic rings. The maximum Gasteiger partial charge on any atom is 0.105 e. The van der Waals surface area contributed by atoms with E-state index in [0.29, 0.717) is 26.2 Å². The molecule has 88 valence electrons. The fraction of sp³-hybridized carbons (Fsp3) is 0.538. The van der Waals surface area contributed by atoms with E-state index < -0.39 is 5.60 Å². The summed E-state index contributed by atoms with van der Waals surface area (Å²) >= 11 is 0. The van der Waals surface area contributed by atoms with Crippen molar-refractivity contribution in [1.29, 1.82) is 0 Å². The molecule has 2 rings (SSSR count). The summed E-state index contributed by atoms with van der Waals surface area (Å²) in [6, 6.07) is 10.1. The summed E-state index contributed by atoms with van der Waals surface area (Å²) in [5.41, 5.74) is 0.399. The van der Waals surface area contributed by atoms with Crippen LogP contribution in [-0.2, 0) is 11.2 Å². The van der Waals surface area contributed by atoms with Gasteiger partial charge < -0.3 is 14.7 Å². The van der Waals surface area contributed by atoms with Crippen LogP contribution in [0.2, 0.25) is 0 Å². The van der Waals surface area contributed by atoms with Gasteiger partial charge in [-0.2, -0.15) is 0 Å². The summed E-state index contributed by atoms with van der Waals surface area (Å²) in [4.78, 5) is 2.12. The Labute approximate surface area is 96.6 Å². The number of rotatable bonds is 2. The number of likely N-dealkylation sites (N-methyl/N-ethyl adjacent to an activating group) is 1. The Morgan fingerprint density at radius 2 is 2.12 bits per heavy atom. The molecule has 16 heavy (non-hydrogen) atoms. The molecule has 1 N–H and O–H groups in total. The molecule has 1 saturated heterocycles. The molecule has 1 fully saturated rings. The van der Waals surface area contributed by atoms with Gasteiger partial charge in [0.2, 0.25) is 0 Å². The SMILES string of the molecule is CN1CCOCC(O)(Cc2ccccc2)C1. The van der Waals surface area contributed by atoms with E-state index in [2.05, 4.69) is 4.90 Å². The Kier molecular flexibility index (Phi) is 3.59. The van der Waals surface area contributed by atoms with Gasteiger partial charge in [0.15, 0.2) is 0 Å². The molecule has 1 heterocycles. The second kappa shape index (κ2) is 4.95. The van der Waals surface area contributed by atoms with Crippen LogP contribution in [0.25, 0.3) is 0 Å². The van der Waals surface area contributed by atoms with Crippen LogP contribution in [0.4, 0.5) is 0 Å². The highest BCUT2D eigenvalue weighted by atomic mass is 16.5. The smallest absolute Gasteiger partial charge is 0.105 e. The first kappa shape index (κ1) is 11.6. The lowest BCUT2D eigenvalue weighted by molar-refractivity contribution is -0.0341. The fourth-order valence-electron chi connectivity index (χ4n) is 2.19. The Bertz CT molecular complexity index is 328. The summed E-state index contributed by atoms with van der Waals surface area (Å²) in [7, 11) is 2.02. The topological polar surface area (TPSA) is 32.7 Å². The van der Waals surface area contributed by atoms with Crippen molar-refractivity contribution in [3.63, 3.8) is 0 Å². The van der Waals surface area contributed by atoms with Gasteiger partial charge in [-0.05, 0) is 12.6 Å². The van der Waals surface area contributed by atoms with E-state index in [1.54, 1.807) is 0 Å². The van der Waals surface area contributed by atoms with Gasteiger partial charge in [0.25, 0.3) is 0 Å². The monoisotopic (exact) mass is 221 g/mol. The van der Waals surface area contributed by atoms with E-state index in [1.165, 1.54) is 0 Å². The van der Waals surface area contributed by atoms with Crippen molar-refractivity contribution in [1.82, 2.24) is 4.90 Å². The van der Waals surface area contributed by atoms with Crippen molar-refractivity contribution in [3.8, 4) is 0 Å². The van der Waals surface area contributed by atoms with Gasteiger partial charge in [0.1, 0.15) is 5.60 Å². The second-order valence-corrected chi connectivity index (χ2v) is 4.68. The summed E-state index contributed by atoms with van der Waals surface area (Å²) < 4.78 is 5.46. The zero-order chi connectivity index (χ0) is 11.4. The van der Waals surface area contributed by atoms with Crippen molar-refractivity contribution >= 4 is 0 Å². The Balaban J connectivity index is 2.06. The molecular weight excluding hydrogens is 202 g/mol. The minimum Gasteiger partial charge on any atom is -0.386 e. The van der Waals surface area contributed by atoms with Gasteiger partial charge in [-0.1, -0.05) is 30.3 Å². The lowest BCUT2D eigenvalue weighted by Gasteiger charge is -2.28. The standard InChI is InChI=1S/C13H19NO2/c1-14-7-8-16-11-13(15,10-14)9-12-5-3-2-4-6-12/h2-6,15H,7-11H2,1H3. The maximum absolute atomic E-state index is 10.5. The van der Waals surface area contributed by atoms with Gasteiger partial charge in [-0.25, -0.2) is 0 Å². The van der Waals surface area contributed by atoms with Gasteiger partial charge >= 0.3 is 0 Å². The van der Waals surface area contributed by atoms with Crippen molar-refractivity contribution in [2.75, 3.05) is 33.4 Å². The first-order valence-corrected chi connectivity index (χ1v) is 5.71. The van der Waals surface area contributed by atoms with Crippen LogP contribution in [0.5, 0.6) is 0 Å². The minimum atomic E-state index is -0.757. The Morgan fingerprint density at radius 3 is 2.88 bits per heavy atom. The third kappa shape index (κ3) is 3.04.